The summed E-state index contributed by atoms with van der Waals surface area (Å²) >= 11 is 1.31. The van der Waals surface area contributed by atoms with Crippen molar-refractivity contribution in [3.63, 3.8) is 0 Å². The normalized spacial score (nSPS) is 10.9. The van der Waals surface area contributed by atoms with E-state index < -0.39 is 5.91 Å². The number of amides is 1. The lowest BCUT2D eigenvalue weighted by atomic mass is 10.2. The van der Waals surface area contributed by atoms with Gasteiger partial charge in [-0.2, -0.15) is 0 Å². The quantitative estimate of drug-likeness (QED) is 0.613. The summed E-state index contributed by atoms with van der Waals surface area (Å²) in [6.45, 7) is 2.03. The first kappa shape index (κ1) is 14.5. The maximum atomic E-state index is 12.4. The first-order valence-electron chi connectivity index (χ1n) is 7.27. The van der Waals surface area contributed by atoms with Gasteiger partial charge in [0.1, 0.15) is 10.5 Å². The van der Waals surface area contributed by atoms with Crippen LogP contribution in [0.25, 0.3) is 21.5 Å². The SMILES string of the molecule is Cc1ccc(-c2nnc(NC(=O)c3onc4ccccc34)s2)cc1. The molecule has 0 aliphatic heterocycles. The zero-order chi connectivity index (χ0) is 16.5. The van der Waals surface area contributed by atoms with Crippen LogP contribution >= 0.6 is 11.3 Å². The molecular formula is C17H12N4O2S. The van der Waals surface area contributed by atoms with Gasteiger partial charge in [0.25, 0.3) is 5.91 Å². The Morgan fingerprint density at radius 3 is 2.71 bits per heavy atom. The highest BCUT2D eigenvalue weighted by Crippen LogP contribution is 2.27. The molecule has 1 amide bonds. The number of anilines is 1. The average Bonchev–Trinajstić information content (AvgIpc) is 3.22. The summed E-state index contributed by atoms with van der Waals surface area (Å²) in [5, 5.41) is 16.5. The lowest BCUT2D eigenvalue weighted by molar-refractivity contribution is 0.0990. The van der Waals surface area contributed by atoms with Crippen molar-refractivity contribution in [2.24, 2.45) is 0 Å². The molecule has 0 aliphatic carbocycles. The van der Waals surface area contributed by atoms with E-state index in [0.717, 1.165) is 10.6 Å². The second kappa shape index (κ2) is 5.86. The van der Waals surface area contributed by atoms with Crippen molar-refractivity contribution in [2.45, 2.75) is 6.92 Å². The van der Waals surface area contributed by atoms with Crippen LogP contribution in [0.5, 0.6) is 0 Å². The number of carbonyl (C=O) groups excluding carboxylic acids is 1. The number of nitrogens with zero attached hydrogens (tertiary/aromatic N) is 3. The minimum Gasteiger partial charge on any atom is -0.350 e. The van der Waals surface area contributed by atoms with Crippen molar-refractivity contribution < 1.29 is 9.32 Å². The third-order valence-electron chi connectivity index (χ3n) is 3.53. The maximum Gasteiger partial charge on any atom is 0.296 e. The molecule has 0 radical (unpaired) electrons. The van der Waals surface area contributed by atoms with E-state index in [2.05, 4.69) is 20.7 Å². The molecule has 4 aromatic rings. The maximum absolute atomic E-state index is 12.4. The minimum atomic E-state index is -0.393. The molecule has 1 N–H and O–H groups in total. The van der Waals surface area contributed by atoms with Gasteiger partial charge in [-0.1, -0.05) is 58.5 Å². The third kappa shape index (κ3) is 2.65. The fraction of sp³-hybridized carbons (Fsp3) is 0.0588. The Morgan fingerprint density at radius 1 is 1.08 bits per heavy atom. The van der Waals surface area contributed by atoms with Gasteiger partial charge in [-0.25, -0.2) is 0 Å². The van der Waals surface area contributed by atoms with Crippen LogP contribution in [0.4, 0.5) is 5.13 Å². The zero-order valence-corrected chi connectivity index (χ0v) is 13.5. The summed E-state index contributed by atoms with van der Waals surface area (Å²) < 4.78 is 5.15. The van der Waals surface area contributed by atoms with Crippen molar-refractivity contribution >= 4 is 33.3 Å². The molecular weight excluding hydrogens is 324 g/mol. The molecule has 0 fully saturated rings. The molecule has 118 valence electrons. The monoisotopic (exact) mass is 336 g/mol. The van der Waals surface area contributed by atoms with Gasteiger partial charge in [-0.3, -0.25) is 10.1 Å². The number of benzene rings is 2. The first-order chi connectivity index (χ1) is 11.7. The van der Waals surface area contributed by atoms with Gasteiger partial charge in [0.15, 0.2) is 0 Å². The Morgan fingerprint density at radius 2 is 1.88 bits per heavy atom. The number of rotatable bonds is 3. The van der Waals surface area contributed by atoms with E-state index in [4.69, 9.17) is 4.52 Å². The van der Waals surface area contributed by atoms with E-state index in [-0.39, 0.29) is 5.76 Å². The summed E-state index contributed by atoms with van der Waals surface area (Å²) in [5.41, 5.74) is 2.78. The molecule has 2 aromatic heterocycles. The smallest absolute Gasteiger partial charge is 0.296 e. The van der Waals surface area contributed by atoms with Crippen molar-refractivity contribution in [1.29, 1.82) is 0 Å². The molecule has 6 nitrogen and oxygen atoms in total. The molecule has 0 bridgehead atoms. The summed E-state index contributed by atoms with van der Waals surface area (Å²) in [6, 6.07) is 15.2. The fourth-order valence-corrected chi connectivity index (χ4v) is 3.04. The number of hydrogen-bond acceptors (Lipinski definition) is 6. The summed E-state index contributed by atoms with van der Waals surface area (Å²) in [5.74, 6) is -0.229. The van der Waals surface area contributed by atoms with Gasteiger partial charge < -0.3 is 4.52 Å². The van der Waals surface area contributed by atoms with Crippen LogP contribution in [0.2, 0.25) is 0 Å². The lowest BCUT2D eigenvalue weighted by Crippen LogP contribution is -2.11. The number of aromatic nitrogens is 3. The van der Waals surface area contributed by atoms with E-state index >= 15 is 0 Å². The predicted octanol–water partition coefficient (Wildman–Crippen LogP) is 3.91. The molecule has 0 saturated heterocycles. The van der Waals surface area contributed by atoms with Crippen LogP contribution in [-0.4, -0.2) is 21.3 Å². The van der Waals surface area contributed by atoms with Crippen LogP contribution in [0.1, 0.15) is 16.1 Å². The third-order valence-corrected chi connectivity index (χ3v) is 4.42. The number of aryl methyl sites for hydroxylation is 1. The number of hydrogen-bond donors (Lipinski definition) is 1. The minimum absolute atomic E-state index is 0.165. The fourth-order valence-electron chi connectivity index (χ4n) is 2.29. The molecule has 0 aliphatic rings. The van der Waals surface area contributed by atoms with Gasteiger partial charge in [0.2, 0.25) is 10.9 Å². The Balaban J connectivity index is 1.57. The predicted molar refractivity (Wildman–Crippen MR) is 92.0 cm³/mol. The molecule has 0 spiro atoms. The Labute approximate surface area is 141 Å². The van der Waals surface area contributed by atoms with E-state index in [9.17, 15) is 4.79 Å². The van der Waals surface area contributed by atoms with Crippen molar-refractivity contribution in [2.75, 3.05) is 5.32 Å². The number of nitrogens with one attached hydrogen (secondary N) is 1. The van der Waals surface area contributed by atoms with Crippen LogP contribution < -0.4 is 5.32 Å². The van der Waals surface area contributed by atoms with Gasteiger partial charge in [-0.05, 0) is 19.1 Å². The van der Waals surface area contributed by atoms with Crippen LogP contribution in [0.3, 0.4) is 0 Å². The van der Waals surface area contributed by atoms with Gasteiger partial charge >= 0.3 is 0 Å². The number of carbonyl (C=O) groups is 1. The highest BCUT2D eigenvalue weighted by Gasteiger charge is 2.18. The summed E-state index contributed by atoms with van der Waals surface area (Å²) in [7, 11) is 0. The van der Waals surface area contributed by atoms with Crippen LogP contribution in [-0.2, 0) is 0 Å². The summed E-state index contributed by atoms with van der Waals surface area (Å²) in [6.07, 6.45) is 0. The lowest BCUT2D eigenvalue weighted by Gasteiger charge is -1.97. The molecule has 24 heavy (non-hydrogen) atoms. The van der Waals surface area contributed by atoms with Gasteiger partial charge in [-0.15, -0.1) is 10.2 Å². The van der Waals surface area contributed by atoms with Gasteiger partial charge in [0, 0.05) is 5.56 Å². The molecule has 0 saturated carbocycles. The molecule has 7 heteroatoms. The largest absolute Gasteiger partial charge is 0.350 e. The highest BCUT2D eigenvalue weighted by atomic mass is 32.1. The summed E-state index contributed by atoms with van der Waals surface area (Å²) in [4.78, 5) is 12.4. The van der Waals surface area contributed by atoms with Crippen molar-refractivity contribution in [1.82, 2.24) is 15.4 Å². The Hall–Kier alpha value is -3.06. The van der Waals surface area contributed by atoms with Crippen molar-refractivity contribution in [3.05, 3.63) is 59.9 Å². The molecule has 0 unspecified atom stereocenters. The standard InChI is InChI=1S/C17H12N4O2S/c1-10-6-8-11(9-7-10)16-19-20-17(24-16)18-15(22)14-12-4-2-3-5-13(12)21-23-14/h2-9H,1H3,(H,18,20,22). The highest BCUT2D eigenvalue weighted by molar-refractivity contribution is 7.18. The van der Waals surface area contributed by atoms with E-state index in [1.54, 1.807) is 12.1 Å². The molecule has 2 heterocycles. The Kier molecular flexibility index (Phi) is 3.55. The topological polar surface area (TPSA) is 80.9 Å². The van der Waals surface area contributed by atoms with Crippen molar-refractivity contribution in [3.8, 4) is 10.6 Å². The van der Waals surface area contributed by atoms with Gasteiger partial charge in [0.05, 0.1) is 5.39 Å². The number of fused-ring (bicyclic) bond motifs is 1. The van der Waals surface area contributed by atoms with Crippen LogP contribution in [0, 0.1) is 6.92 Å². The molecule has 0 atom stereocenters. The van der Waals surface area contributed by atoms with E-state index in [1.165, 1.54) is 16.9 Å². The second-order valence-electron chi connectivity index (χ2n) is 5.26. The molecule has 4 rings (SSSR count). The molecule has 2 aromatic carbocycles. The average molecular weight is 336 g/mol. The Bertz CT molecular complexity index is 1020. The zero-order valence-electron chi connectivity index (χ0n) is 12.7. The first-order valence-corrected chi connectivity index (χ1v) is 8.09. The second-order valence-corrected chi connectivity index (χ2v) is 6.24. The van der Waals surface area contributed by atoms with E-state index in [1.807, 2.05) is 43.3 Å². The van der Waals surface area contributed by atoms with E-state index in [0.29, 0.717) is 16.0 Å². The van der Waals surface area contributed by atoms with Crippen LogP contribution in [0.15, 0.2) is 53.1 Å².